The van der Waals surface area contributed by atoms with Crippen molar-refractivity contribution in [3.63, 3.8) is 0 Å². The molecule has 2 rings (SSSR count). The third-order valence-electron chi connectivity index (χ3n) is 4.26. The van der Waals surface area contributed by atoms with Crippen molar-refractivity contribution < 1.29 is 14.7 Å². The van der Waals surface area contributed by atoms with Gasteiger partial charge in [-0.1, -0.05) is 44.2 Å². The van der Waals surface area contributed by atoms with Gasteiger partial charge in [-0.2, -0.15) is 0 Å². The molecule has 0 aromatic heterocycles. The van der Waals surface area contributed by atoms with E-state index in [2.05, 4.69) is 13.8 Å². The van der Waals surface area contributed by atoms with Gasteiger partial charge in [0.15, 0.2) is 0 Å². The molecule has 1 heterocycles. The maximum absolute atomic E-state index is 12.6. The van der Waals surface area contributed by atoms with Crippen LogP contribution in [0.3, 0.4) is 0 Å². The van der Waals surface area contributed by atoms with Gasteiger partial charge in [0.1, 0.15) is 0 Å². The molecule has 1 N–H and O–H groups in total. The molecule has 1 aromatic rings. The summed E-state index contributed by atoms with van der Waals surface area (Å²) in [4.78, 5) is 25.2. The molecule has 1 fully saturated rings. The minimum atomic E-state index is -0.831. The lowest BCUT2D eigenvalue weighted by molar-refractivity contribution is -0.140. The van der Waals surface area contributed by atoms with Crippen LogP contribution in [-0.2, 0) is 15.0 Å². The van der Waals surface area contributed by atoms with Crippen LogP contribution in [0, 0.1) is 0 Å². The van der Waals surface area contributed by atoms with Crippen LogP contribution in [0.4, 0.5) is 0 Å². The number of carboxylic acid groups (broad SMARTS) is 1. The number of aliphatic carboxylic acids is 1. The summed E-state index contributed by atoms with van der Waals surface area (Å²) in [7, 11) is 0. The van der Waals surface area contributed by atoms with E-state index in [-0.39, 0.29) is 23.8 Å². The molecule has 0 spiro atoms. The van der Waals surface area contributed by atoms with Crippen molar-refractivity contribution in [2.75, 3.05) is 6.54 Å². The molecule has 114 valence electrons. The smallest absolute Gasteiger partial charge is 0.305 e. The topological polar surface area (TPSA) is 57.6 Å². The van der Waals surface area contributed by atoms with Gasteiger partial charge in [-0.15, -0.1) is 0 Å². The van der Waals surface area contributed by atoms with Gasteiger partial charge in [-0.25, -0.2) is 0 Å². The average Bonchev–Trinajstić information content (AvgIpc) is 2.86. The minimum Gasteiger partial charge on any atom is -0.481 e. The number of hydrogen-bond acceptors (Lipinski definition) is 2. The summed E-state index contributed by atoms with van der Waals surface area (Å²) in [6.45, 7) is 4.80. The number of benzene rings is 1. The molecular formula is C17H23NO3. The van der Waals surface area contributed by atoms with Gasteiger partial charge in [0.25, 0.3) is 0 Å². The number of hydrogen-bond donors (Lipinski definition) is 1. The fourth-order valence-electron chi connectivity index (χ4n) is 3.05. The van der Waals surface area contributed by atoms with E-state index < -0.39 is 5.97 Å². The van der Waals surface area contributed by atoms with Gasteiger partial charge in [0.05, 0.1) is 6.42 Å². The molecular weight excluding hydrogens is 266 g/mol. The van der Waals surface area contributed by atoms with E-state index in [0.29, 0.717) is 13.0 Å². The Morgan fingerprint density at radius 3 is 2.57 bits per heavy atom. The Kier molecular flexibility index (Phi) is 4.66. The molecule has 0 bridgehead atoms. The van der Waals surface area contributed by atoms with E-state index >= 15 is 0 Å². The van der Waals surface area contributed by atoms with Crippen LogP contribution >= 0.6 is 0 Å². The minimum absolute atomic E-state index is 0.0531. The monoisotopic (exact) mass is 289 g/mol. The van der Waals surface area contributed by atoms with Gasteiger partial charge in [-0.3, -0.25) is 9.59 Å². The Balaban J connectivity index is 2.05. The molecule has 4 heteroatoms. The van der Waals surface area contributed by atoms with Gasteiger partial charge in [0.2, 0.25) is 5.91 Å². The average molecular weight is 289 g/mol. The van der Waals surface area contributed by atoms with Crippen LogP contribution in [0.5, 0.6) is 0 Å². The molecule has 1 atom stereocenters. The normalized spacial score (nSPS) is 18.8. The summed E-state index contributed by atoms with van der Waals surface area (Å²) >= 11 is 0. The summed E-state index contributed by atoms with van der Waals surface area (Å²) in [6, 6.07) is 9.85. The van der Waals surface area contributed by atoms with Gasteiger partial charge >= 0.3 is 5.97 Å². The van der Waals surface area contributed by atoms with Crippen LogP contribution in [0.25, 0.3) is 0 Å². The van der Waals surface area contributed by atoms with E-state index in [1.807, 2.05) is 30.3 Å². The van der Waals surface area contributed by atoms with Crippen molar-refractivity contribution in [3.8, 4) is 0 Å². The number of carbonyl (C=O) groups is 2. The fraction of sp³-hybridized carbons (Fsp3) is 0.529. The molecule has 1 saturated heterocycles. The highest BCUT2D eigenvalue weighted by Crippen LogP contribution is 2.30. The van der Waals surface area contributed by atoms with Crippen molar-refractivity contribution in [2.45, 2.75) is 51.0 Å². The predicted molar refractivity (Wildman–Crippen MR) is 81.1 cm³/mol. The highest BCUT2D eigenvalue weighted by molar-refractivity contribution is 5.79. The molecule has 21 heavy (non-hydrogen) atoms. The Labute approximate surface area is 125 Å². The van der Waals surface area contributed by atoms with E-state index in [1.165, 1.54) is 0 Å². The highest BCUT2D eigenvalue weighted by atomic mass is 16.4. The molecule has 4 nitrogen and oxygen atoms in total. The van der Waals surface area contributed by atoms with Crippen LogP contribution < -0.4 is 0 Å². The SMILES string of the molecule is CC(C)(CC(=O)N1CCCC1CC(=O)O)c1ccccc1. The standard InChI is InChI=1S/C17H23NO3/c1-17(2,13-7-4-3-5-8-13)12-15(19)18-10-6-9-14(18)11-16(20)21/h3-5,7-8,14H,6,9-12H2,1-2H3,(H,20,21). The van der Waals surface area contributed by atoms with Crippen LogP contribution in [0.15, 0.2) is 30.3 Å². The maximum atomic E-state index is 12.6. The van der Waals surface area contributed by atoms with Crippen LogP contribution in [0.1, 0.15) is 45.1 Å². The lowest BCUT2D eigenvalue weighted by Crippen LogP contribution is -2.39. The first-order chi connectivity index (χ1) is 9.90. The van der Waals surface area contributed by atoms with Crippen molar-refractivity contribution in [1.82, 2.24) is 4.90 Å². The summed E-state index contributed by atoms with van der Waals surface area (Å²) in [5.41, 5.74) is 0.890. The molecule has 1 unspecified atom stereocenters. The first kappa shape index (κ1) is 15.5. The van der Waals surface area contributed by atoms with Crippen molar-refractivity contribution in [3.05, 3.63) is 35.9 Å². The fourth-order valence-corrected chi connectivity index (χ4v) is 3.05. The Morgan fingerprint density at radius 2 is 1.95 bits per heavy atom. The second-order valence-corrected chi connectivity index (χ2v) is 6.41. The molecule has 0 saturated carbocycles. The zero-order valence-corrected chi connectivity index (χ0v) is 12.7. The molecule has 0 aliphatic carbocycles. The zero-order chi connectivity index (χ0) is 15.5. The number of carbonyl (C=O) groups excluding carboxylic acids is 1. The second-order valence-electron chi connectivity index (χ2n) is 6.41. The third kappa shape index (κ3) is 3.84. The maximum Gasteiger partial charge on any atom is 0.305 e. The van der Waals surface area contributed by atoms with Crippen molar-refractivity contribution in [2.24, 2.45) is 0 Å². The first-order valence-corrected chi connectivity index (χ1v) is 7.47. The Morgan fingerprint density at radius 1 is 1.29 bits per heavy atom. The molecule has 1 aliphatic heterocycles. The number of rotatable bonds is 5. The predicted octanol–water partition coefficient (Wildman–Crippen LogP) is 2.82. The van der Waals surface area contributed by atoms with E-state index in [1.54, 1.807) is 4.90 Å². The van der Waals surface area contributed by atoms with Gasteiger partial charge in [-0.05, 0) is 23.8 Å². The highest BCUT2D eigenvalue weighted by Gasteiger charge is 2.33. The molecule has 0 radical (unpaired) electrons. The summed E-state index contributed by atoms with van der Waals surface area (Å²) in [6.07, 6.45) is 2.16. The first-order valence-electron chi connectivity index (χ1n) is 7.47. The Hall–Kier alpha value is -1.84. The van der Waals surface area contributed by atoms with E-state index in [4.69, 9.17) is 5.11 Å². The Bertz CT molecular complexity index is 510. The van der Waals surface area contributed by atoms with Crippen LogP contribution in [0.2, 0.25) is 0 Å². The van der Waals surface area contributed by atoms with Gasteiger partial charge < -0.3 is 10.0 Å². The van der Waals surface area contributed by atoms with E-state index in [0.717, 1.165) is 18.4 Å². The second kappa shape index (κ2) is 6.29. The lowest BCUT2D eigenvalue weighted by Gasteiger charge is -2.30. The number of nitrogens with zero attached hydrogens (tertiary/aromatic N) is 1. The summed E-state index contributed by atoms with van der Waals surface area (Å²) in [5, 5.41) is 8.95. The van der Waals surface area contributed by atoms with Crippen molar-refractivity contribution >= 4 is 11.9 Å². The largest absolute Gasteiger partial charge is 0.481 e. The van der Waals surface area contributed by atoms with E-state index in [9.17, 15) is 9.59 Å². The molecule has 1 aliphatic rings. The number of carboxylic acids is 1. The number of likely N-dealkylation sites (tertiary alicyclic amines) is 1. The molecule has 1 aromatic carbocycles. The third-order valence-corrected chi connectivity index (χ3v) is 4.26. The van der Waals surface area contributed by atoms with Crippen LogP contribution in [-0.4, -0.2) is 34.5 Å². The number of amides is 1. The zero-order valence-electron chi connectivity index (χ0n) is 12.7. The quantitative estimate of drug-likeness (QED) is 0.906. The van der Waals surface area contributed by atoms with Gasteiger partial charge in [0, 0.05) is 19.0 Å². The molecule has 1 amide bonds. The van der Waals surface area contributed by atoms with Crippen molar-refractivity contribution in [1.29, 1.82) is 0 Å². The summed E-state index contributed by atoms with van der Waals surface area (Å²) < 4.78 is 0. The summed E-state index contributed by atoms with van der Waals surface area (Å²) in [5.74, 6) is -0.769. The lowest BCUT2D eigenvalue weighted by atomic mass is 9.81.